The number of carbonyl (C=O) groups is 3. The molecule has 0 spiro atoms. The van der Waals surface area contributed by atoms with Crippen molar-refractivity contribution < 1.29 is 43.2 Å². The van der Waals surface area contributed by atoms with Gasteiger partial charge in [-0.15, -0.1) is 0 Å². The predicted octanol–water partition coefficient (Wildman–Crippen LogP) is -0.559. The van der Waals surface area contributed by atoms with Gasteiger partial charge in [-0.2, -0.15) is 0 Å². The molecule has 0 aliphatic rings. The lowest BCUT2D eigenvalue weighted by molar-refractivity contribution is -0.156. The SMILES string of the molecule is CC(C)(C)OC(=O)CCOCCOCC(=O)C(N)CCOCCOC(N)C(=O)O. The first kappa shape index (κ1) is 27.4. The summed E-state index contributed by atoms with van der Waals surface area (Å²) in [4.78, 5) is 33.7. The number of hydrogen-bond acceptors (Lipinski definition) is 10. The number of carboxylic acids is 1. The third kappa shape index (κ3) is 17.0. The molecule has 11 nitrogen and oxygen atoms in total. The van der Waals surface area contributed by atoms with Crippen LogP contribution < -0.4 is 11.5 Å². The minimum Gasteiger partial charge on any atom is -0.478 e. The van der Waals surface area contributed by atoms with Crippen molar-refractivity contribution in [2.75, 3.05) is 46.2 Å². The van der Waals surface area contributed by atoms with E-state index in [4.69, 9.17) is 40.3 Å². The monoisotopic (exact) mass is 422 g/mol. The second-order valence-electron chi connectivity index (χ2n) is 7.10. The number of nitrogens with two attached hydrogens (primary N) is 2. The number of carboxylic acid groups (broad SMARTS) is 1. The summed E-state index contributed by atoms with van der Waals surface area (Å²) < 4.78 is 25.6. The van der Waals surface area contributed by atoms with Crippen LogP contribution in [0.25, 0.3) is 0 Å². The molecule has 0 saturated carbocycles. The van der Waals surface area contributed by atoms with E-state index in [0.29, 0.717) is 6.42 Å². The van der Waals surface area contributed by atoms with Gasteiger partial charge in [0.05, 0.1) is 45.5 Å². The van der Waals surface area contributed by atoms with Crippen LogP contribution >= 0.6 is 0 Å². The van der Waals surface area contributed by atoms with Gasteiger partial charge in [-0.25, -0.2) is 4.79 Å². The average molecular weight is 422 g/mol. The molecule has 0 fully saturated rings. The topological polar surface area (TPSA) is 170 Å². The van der Waals surface area contributed by atoms with E-state index in [0.717, 1.165) is 0 Å². The van der Waals surface area contributed by atoms with Crippen molar-refractivity contribution in [1.29, 1.82) is 0 Å². The van der Waals surface area contributed by atoms with Gasteiger partial charge in [0.1, 0.15) is 12.2 Å². The molecule has 2 unspecified atom stereocenters. The number of esters is 1. The number of carbonyl (C=O) groups excluding carboxylic acids is 2. The molecule has 0 aliphatic heterocycles. The maximum absolute atomic E-state index is 11.8. The second kappa shape index (κ2) is 15.2. The molecule has 0 saturated heterocycles. The molecule has 0 amide bonds. The number of aliphatic carboxylic acids is 1. The largest absolute Gasteiger partial charge is 0.478 e. The average Bonchev–Trinajstić information content (AvgIpc) is 2.61. The maximum atomic E-state index is 11.8. The van der Waals surface area contributed by atoms with Crippen molar-refractivity contribution in [2.45, 2.75) is 51.5 Å². The lowest BCUT2D eigenvalue weighted by Crippen LogP contribution is -2.35. The number of Topliss-reactive ketones (excluding diaryl/α,β-unsaturated/α-hetero) is 1. The van der Waals surface area contributed by atoms with Crippen molar-refractivity contribution in [2.24, 2.45) is 11.5 Å². The molecule has 2 atom stereocenters. The summed E-state index contributed by atoms with van der Waals surface area (Å²) in [6.45, 7) is 6.26. The van der Waals surface area contributed by atoms with E-state index in [1.165, 1.54) is 0 Å². The highest BCUT2D eigenvalue weighted by Crippen LogP contribution is 2.08. The molecule has 5 N–H and O–H groups in total. The third-order valence-corrected chi connectivity index (χ3v) is 3.24. The zero-order valence-electron chi connectivity index (χ0n) is 17.4. The lowest BCUT2D eigenvalue weighted by Gasteiger charge is -2.19. The lowest BCUT2D eigenvalue weighted by atomic mass is 10.1. The molecule has 0 radical (unpaired) electrons. The van der Waals surface area contributed by atoms with Gasteiger partial charge in [0, 0.05) is 6.61 Å². The zero-order valence-corrected chi connectivity index (χ0v) is 17.4. The Morgan fingerprint density at radius 3 is 2.10 bits per heavy atom. The van der Waals surface area contributed by atoms with E-state index >= 15 is 0 Å². The first-order valence-corrected chi connectivity index (χ1v) is 9.36. The van der Waals surface area contributed by atoms with Crippen molar-refractivity contribution in [1.82, 2.24) is 0 Å². The van der Waals surface area contributed by atoms with E-state index < -0.39 is 23.8 Å². The van der Waals surface area contributed by atoms with E-state index in [-0.39, 0.29) is 64.4 Å². The van der Waals surface area contributed by atoms with Gasteiger partial charge in [0.25, 0.3) is 0 Å². The minimum absolute atomic E-state index is 0.0215. The van der Waals surface area contributed by atoms with Crippen molar-refractivity contribution in [3.8, 4) is 0 Å². The molecule has 170 valence electrons. The van der Waals surface area contributed by atoms with Crippen LogP contribution in [0.2, 0.25) is 0 Å². The molecule has 0 aromatic heterocycles. The standard InChI is InChI=1S/C18H34N2O9/c1-18(2,3)29-15(22)5-7-26-8-9-27-12-14(21)13(19)4-6-25-10-11-28-16(20)17(23)24/h13,16H,4-12,19-20H2,1-3H3,(H,23,24). The molecule has 0 rings (SSSR count). The highest BCUT2D eigenvalue weighted by molar-refractivity contribution is 5.84. The van der Waals surface area contributed by atoms with Crippen LogP contribution in [0.4, 0.5) is 0 Å². The normalized spacial score (nSPS) is 13.7. The Kier molecular flexibility index (Phi) is 14.4. The summed E-state index contributed by atoms with van der Waals surface area (Å²) in [6, 6.07) is -0.731. The van der Waals surface area contributed by atoms with Crippen LogP contribution in [-0.4, -0.2) is 86.9 Å². The Balaban J connectivity index is 3.58. The van der Waals surface area contributed by atoms with Crippen LogP contribution in [0, 0.1) is 0 Å². The predicted molar refractivity (Wildman–Crippen MR) is 102 cm³/mol. The summed E-state index contributed by atoms with van der Waals surface area (Å²) in [5.41, 5.74) is 10.4. The van der Waals surface area contributed by atoms with Crippen molar-refractivity contribution >= 4 is 17.7 Å². The van der Waals surface area contributed by atoms with Gasteiger partial charge in [-0.05, 0) is 27.2 Å². The second-order valence-corrected chi connectivity index (χ2v) is 7.10. The summed E-state index contributed by atoms with van der Waals surface area (Å²) in [7, 11) is 0. The number of ketones is 1. The molecule has 0 aromatic carbocycles. The summed E-state index contributed by atoms with van der Waals surface area (Å²) >= 11 is 0. The van der Waals surface area contributed by atoms with Crippen molar-refractivity contribution in [3.63, 3.8) is 0 Å². The first-order chi connectivity index (χ1) is 13.5. The van der Waals surface area contributed by atoms with Gasteiger partial charge >= 0.3 is 11.9 Å². The molecule has 0 aromatic rings. The fraction of sp³-hybridized carbons (Fsp3) is 0.833. The Morgan fingerprint density at radius 1 is 0.897 bits per heavy atom. The van der Waals surface area contributed by atoms with Crippen molar-refractivity contribution in [3.05, 3.63) is 0 Å². The van der Waals surface area contributed by atoms with Crippen LogP contribution in [0.15, 0.2) is 0 Å². The van der Waals surface area contributed by atoms with E-state index in [9.17, 15) is 14.4 Å². The van der Waals surface area contributed by atoms with Gasteiger partial charge < -0.3 is 34.5 Å². The Morgan fingerprint density at radius 2 is 1.48 bits per heavy atom. The van der Waals surface area contributed by atoms with Gasteiger partial charge in [-0.3, -0.25) is 15.3 Å². The Hall–Kier alpha value is -1.63. The number of hydrogen-bond donors (Lipinski definition) is 3. The summed E-state index contributed by atoms with van der Waals surface area (Å²) in [6.07, 6.45) is -0.950. The van der Waals surface area contributed by atoms with Crippen LogP contribution in [0.5, 0.6) is 0 Å². The van der Waals surface area contributed by atoms with Crippen LogP contribution in [0.1, 0.15) is 33.6 Å². The Bertz CT molecular complexity index is 494. The molecule has 0 bridgehead atoms. The number of rotatable bonds is 17. The molecule has 11 heteroatoms. The van der Waals surface area contributed by atoms with Gasteiger partial charge in [0.2, 0.25) is 6.23 Å². The zero-order chi connectivity index (χ0) is 22.3. The highest BCUT2D eigenvalue weighted by atomic mass is 16.6. The summed E-state index contributed by atoms with van der Waals surface area (Å²) in [5.74, 6) is -1.87. The first-order valence-electron chi connectivity index (χ1n) is 9.36. The minimum atomic E-state index is -1.39. The van der Waals surface area contributed by atoms with E-state index in [2.05, 4.69) is 0 Å². The van der Waals surface area contributed by atoms with Crippen LogP contribution in [-0.2, 0) is 38.1 Å². The molecule has 0 aliphatic carbocycles. The summed E-state index contributed by atoms with van der Waals surface area (Å²) in [5, 5.41) is 8.53. The molecular weight excluding hydrogens is 388 g/mol. The van der Waals surface area contributed by atoms with E-state index in [1.807, 2.05) is 0 Å². The van der Waals surface area contributed by atoms with Gasteiger partial charge in [-0.1, -0.05) is 0 Å². The fourth-order valence-corrected chi connectivity index (χ4v) is 1.83. The smallest absolute Gasteiger partial charge is 0.347 e. The van der Waals surface area contributed by atoms with Crippen LogP contribution in [0.3, 0.4) is 0 Å². The molecular formula is C18H34N2O9. The fourth-order valence-electron chi connectivity index (χ4n) is 1.83. The quantitative estimate of drug-likeness (QED) is 0.156. The molecule has 29 heavy (non-hydrogen) atoms. The molecule has 0 heterocycles. The number of ether oxygens (including phenoxy) is 5. The Labute approximate surface area is 170 Å². The van der Waals surface area contributed by atoms with Gasteiger partial charge in [0.15, 0.2) is 5.78 Å². The maximum Gasteiger partial charge on any atom is 0.347 e. The van der Waals surface area contributed by atoms with E-state index in [1.54, 1.807) is 20.8 Å². The third-order valence-electron chi connectivity index (χ3n) is 3.24. The highest BCUT2D eigenvalue weighted by Gasteiger charge is 2.16.